The van der Waals surface area contributed by atoms with E-state index in [1.165, 1.54) is 0 Å². The molecular formula is C19H25FN6O. The van der Waals surface area contributed by atoms with Crippen LogP contribution in [-0.2, 0) is 12.6 Å². The number of hydrogen-bond donors (Lipinski definition) is 3. The van der Waals surface area contributed by atoms with Crippen LogP contribution in [0.3, 0.4) is 0 Å². The monoisotopic (exact) mass is 372 g/mol. The third kappa shape index (κ3) is 2.97. The lowest BCUT2D eigenvalue weighted by Crippen LogP contribution is -2.43. The predicted molar refractivity (Wildman–Crippen MR) is 101 cm³/mol. The molecule has 144 valence electrons. The van der Waals surface area contributed by atoms with Gasteiger partial charge in [-0.25, -0.2) is 9.37 Å². The highest BCUT2D eigenvalue weighted by atomic mass is 19.1. The number of nitrogens with one attached hydrogen (secondary N) is 2. The quantitative estimate of drug-likeness (QED) is 0.768. The van der Waals surface area contributed by atoms with Gasteiger partial charge in [0.25, 0.3) is 5.91 Å². The standard InChI is InChI=1S/C19H25FN6O/c1-19(2)14-13(18(27)25-19)16(10-8-22-26(3)9-10)24-17(15(14)20)23-12-7-5-4-6-11(12)21/h8-9,11-12H,4-7,21H2,1-3H3,(H,23,24)(H,25,27). The number of carbonyl (C=O) groups excluding carboxylic acids is 1. The van der Waals surface area contributed by atoms with Crippen molar-refractivity contribution in [1.29, 1.82) is 0 Å². The Morgan fingerprint density at radius 3 is 2.78 bits per heavy atom. The average Bonchev–Trinajstić information content (AvgIpc) is 3.13. The zero-order valence-electron chi connectivity index (χ0n) is 15.8. The van der Waals surface area contributed by atoms with Crippen molar-refractivity contribution >= 4 is 11.7 Å². The van der Waals surface area contributed by atoms with Crippen LogP contribution in [0.2, 0.25) is 0 Å². The SMILES string of the molecule is Cn1cc(-c2nc(NC3CCCCC3N)c(F)c3c2C(=O)NC3(C)C)cn1. The smallest absolute Gasteiger partial charge is 0.254 e. The van der Waals surface area contributed by atoms with E-state index < -0.39 is 11.4 Å². The van der Waals surface area contributed by atoms with E-state index in [0.29, 0.717) is 16.8 Å². The predicted octanol–water partition coefficient (Wildman–Crippen LogP) is 2.28. The number of amides is 1. The fourth-order valence-corrected chi connectivity index (χ4v) is 4.14. The molecule has 2 aromatic heterocycles. The van der Waals surface area contributed by atoms with E-state index in [4.69, 9.17) is 5.73 Å². The Labute approximate surface area is 157 Å². The molecule has 27 heavy (non-hydrogen) atoms. The molecule has 1 aliphatic carbocycles. The first kappa shape index (κ1) is 17.9. The highest BCUT2D eigenvalue weighted by Gasteiger charge is 2.42. The van der Waals surface area contributed by atoms with Gasteiger partial charge in [0.05, 0.1) is 23.0 Å². The van der Waals surface area contributed by atoms with Gasteiger partial charge in [0.2, 0.25) is 0 Å². The molecule has 2 aliphatic rings. The number of nitrogens with zero attached hydrogens (tertiary/aromatic N) is 3. The molecule has 4 rings (SSSR count). The van der Waals surface area contributed by atoms with E-state index in [2.05, 4.69) is 20.7 Å². The molecule has 1 aliphatic heterocycles. The van der Waals surface area contributed by atoms with Gasteiger partial charge in [-0.15, -0.1) is 0 Å². The minimum absolute atomic E-state index is 0.0336. The van der Waals surface area contributed by atoms with Gasteiger partial charge in [0, 0.05) is 36.5 Å². The zero-order valence-corrected chi connectivity index (χ0v) is 15.8. The number of fused-ring (bicyclic) bond motifs is 1. The van der Waals surface area contributed by atoms with Crippen molar-refractivity contribution in [3.63, 3.8) is 0 Å². The Hall–Kier alpha value is -2.48. The van der Waals surface area contributed by atoms with E-state index in [9.17, 15) is 4.79 Å². The molecule has 2 aromatic rings. The molecule has 4 N–H and O–H groups in total. The third-order valence-electron chi connectivity index (χ3n) is 5.54. The fraction of sp³-hybridized carbons (Fsp3) is 0.526. The highest BCUT2D eigenvalue weighted by Crippen LogP contribution is 2.40. The first-order valence-electron chi connectivity index (χ1n) is 9.35. The summed E-state index contributed by atoms with van der Waals surface area (Å²) >= 11 is 0. The number of halogens is 1. The van der Waals surface area contributed by atoms with Crippen molar-refractivity contribution in [2.45, 2.75) is 57.2 Å². The van der Waals surface area contributed by atoms with E-state index >= 15 is 4.39 Å². The van der Waals surface area contributed by atoms with Gasteiger partial charge in [-0.1, -0.05) is 12.8 Å². The minimum Gasteiger partial charge on any atom is -0.363 e. The van der Waals surface area contributed by atoms with Gasteiger partial charge in [-0.3, -0.25) is 9.48 Å². The van der Waals surface area contributed by atoms with Crippen molar-refractivity contribution < 1.29 is 9.18 Å². The van der Waals surface area contributed by atoms with E-state index in [-0.39, 0.29) is 29.4 Å². The van der Waals surface area contributed by atoms with Crippen LogP contribution in [0.4, 0.5) is 10.2 Å². The molecule has 0 spiro atoms. The number of pyridine rings is 1. The summed E-state index contributed by atoms with van der Waals surface area (Å²) in [6.07, 6.45) is 7.34. The van der Waals surface area contributed by atoms with Crippen LogP contribution >= 0.6 is 0 Å². The van der Waals surface area contributed by atoms with Crippen LogP contribution in [0.5, 0.6) is 0 Å². The fourth-order valence-electron chi connectivity index (χ4n) is 4.14. The third-order valence-corrected chi connectivity index (χ3v) is 5.54. The summed E-state index contributed by atoms with van der Waals surface area (Å²) in [6.45, 7) is 3.59. The molecule has 0 saturated heterocycles. The molecular weight excluding hydrogens is 347 g/mol. The normalized spacial score (nSPS) is 23.8. The molecule has 2 atom stereocenters. The molecule has 1 saturated carbocycles. The number of rotatable bonds is 3. The summed E-state index contributed by atoms with van der Waals surface area (Å²) in [4.78, 5) is 17.1. The number of hydrogen-bond acceptors (Lipinski definition) is 5. The van der Waals surface area contributed by atoms with Crippen molar-refractivity contribution in [1.82, 2.24) is 20.1 Å². The van der Waals surface area contributed by atoms with E-state index in [0.717, 1.165) is 25.7 Å². The van der Waals surface area contributed by atoms with Gasteiger partial charge in [0.1, 0.15) is 0 Å². The molecule has 3 heterocycles. The van der Waals surface area contributed by atoms with Crippen molar-refractivity contribution in [3.8, 4) is 11.3 Å². The first-order chi connectivity index (χ1) is 12.8. The van der Waals surface area contributed by atoms with Gasteiger partial charge in [-0.2, -0.15) is 5.10 Å². The second-order valence-electron chi connectivity index (χ2n) is 8.05. The topological polar surface area (TPSA) is 97.9 Å². The van der Waals surface area contributed by atoms with Crippen LogP contribution in [0.1, 0.15) is 55.5 Å². The number of aromatic nitrogens is 3. The maximum absolute atomic E-state index is 15.4. The molecule has 7 nitrogen and oxygen atoms in total. The zero-order chi connectivity index (χ0) is 19.3. The van der Waals surface area contributed by atoms with Gasteiger partial charge in [0.15, 0.2) is 11.6 Å². The van der Waals surface area contributed by atoms with Gasteiger partial charge >= 0.3 is 0 Å². The largest absolute Gasteiger partial charge is 0.363 e. The lowest BCUT2D eigenvalue weighted by molar-refractivity contribution is 0.0940. The molecule has 2 unspecified atom stereocenters. The van der Waals surface area contributed by atoms with Crippen LogP contribution in [0.25, 0.3) is 11.3 Å². The number of carbonyl (C=O) groups is 1. The summed E-state index contributed by atoms with van der Waals surface area (Å²) < 4.78 is 17.1. The van der Waals surface area contributed by atoms with Gasteiger partial charge in [-0.05, 0) is 26.7 Å². The Morgan fingerprint density at radius 2 is 2.11 bits per heavy atom. The molecule has 1 amide bonds. The average molecular weight is 372 g/mol. The Morgan fingerprint density at radius 1 is 1.37 bits per heavy atom. The maximum Gasteiger partial charge on any atom is 0.254 e. The molecule has 0 bridgehead atoms. The van der Waals surface area contributed by atoms with E-state index in [1.54, 1.807) is 38.0 Å². The van der Waals surface area contributed by atoms with Gasteiger partial charge < -0.3 is 16.4 Å². The summed E-state index contributed by atoms with van der Waals surface area (Å²) in [7, 11) is 1.79. The lowest BCUT2D eigenvalue weighted by atomic mass is 9.90. The van der Waals surface area contributed by atoms with Crippen molar-refractivity contribution in [2.75, 3.05) is 5.32 Å². The first-order valence-corrected chi connectivity index (χ1v) is 9.35. The molecule has 8 heteroatoms. The van der Waals surface area contributed by atoms with Crippen LogP contribution in [-0.4, -0.2) is 32.8 Å². The number of nitrogens with two attached hydrogens (primary N) is 1. The molecule has 1 fully saturated rings. The Kier molecular flexibility index (Phi) is 4.18. The van der Waals surface area contributed by atoms with E-state index in [1.807, 2.05) is 0 Å². The minimum atomic E-state index is -0.818. The summed E-state index contributed by atoms with van der Waals surface area (Å²) in [5, 5.41) is 10.2. The van der Waals surface area contributed by atoms with Crippen molar-refractivity contribution in [3.05, 3.63) is 29.3 Å². The summed E-state index contributed by atoms with van der Waals surface area (Å²) in [6, 6.07) is -0.0726. The molecule has 0 radical (unpaired) electrons. The van der Waals surface area contributed by atoms with Crippen molar-refractivity contribution in [2.24, 2.45) is 12.8 Å². The summed E-state index contributed by atoms with van der Waals surface area (Å²) in [5.41, 5.74) is 7.15. The number of anilines is 1. The second-order valence-corrected chi connectivity index (χ2v) is 8.05. The Balaban J connectivity index is 1.86. The lowest BCUT2D eigenvalue weighted by Gasteiger charge is -2.30. The Bertz CT molecular complexity index is 906. The highest BCUT2D eigenvalue weighted by molar-refractivity contribution is 6.05. The summed E-state index contributed by atoms with van der Waals surface area (Å²) in [5.74, 6) is -0.653. The van der Waals surface area contributed by atoms with Crippen LogP contribution < -0.4 is 16.4 Å². The molecule has 0 aromatic carbocycles. The maximum atomic E-state index is 15.4. The van der Waals surface area contributed by atoms with Crippen LogP contribution in [0.15, 0.2) is 12.4 Å². The second kappa shape index (κ2) is 6.30. The van der Waals surface area contributed by atoms with Crippen LogP contribution in [0, 0.1) is 5.82 Å². The number of aryl methyl sites for hydroxylation is 1.